The largest absolute Gasteiger partial charge is 0.343 e. The molecule has 0 saturated heterocycles. The van der Waals surface area contributed by atoms with Crippen LogP contribution in [0.2, 0.25) is 0 Å². The molecule has 5 nitrogen and oxygen atoms in total. The fourth-order valence-electron chi connectivity index (χ4n) is 2.22. The zero-order chi connectivity index (χ0) is 11.9. The Balaban J connectivity index is 2.13. The minimum atomic E-state index is 0.922. The second kappa shape index (κ2) is 3.40. The zero-order valence-corrected chi connectivity index (χ0v) is 9.41. The van der Waals surface area contributed by atoms with Crippen molar-refractivity contribution in [1.82, 2.24) is 24.3 Å². The molecule has 4 aromatic rings. The van der Waals surface area contributed by atoms with Crippen LogP contribution in [0.4, 0.5) is 0 Å². The van der Waals surface area contributed by atoms with Crippen molar-refractivity contribution in [3.63, 3.8) is 0 Å². The van der Waals surface area contributed by atoms with Gasteiger partial charge in [-0.25, -0.2) is 9.97 Å². The third kappa shape index (κ3) is 1.18. The number of aromatic amines is 1. The van der Waals surface area contributed by atoms with Crippen LogP contribution in [-0.2, 0) is 0 Å². The molecule has 86 valence electrons. The first-order valence-electron chi connectivity index (χ1n) is 5.62. The van der Waals surface area contributed by atoms with Crippen LogP contribution < -0.4 is 0 Å². The highest BCUT2D eigenvalue weighted by Gasteiger charge is 2.09. The molecule has 0 spiro atoms. The second-order valence-corrected chi connectivity index (χ2v) is 4.09. The maximum absolute atomic E-state index is 4.36. The topological polar surface area (TPSA) is 58.9 Å². The maximum Gasteiger partial charge on any atom is 0.101 e. The minimum absolute atomic E-state index is 0.922. The molecule has 0 fully saturated rings. The van der Waals surface area contributed by atoms with Gasteiger partial charge in [0.2, 0.25) is 0 Å². The van der Waals surface area contributed by atoms with Crippen LogP contribution in [0, 0.1) is 0 Å². The molecule has 0 aromatic carbocycles. The quantitative estimate of drug-likeness (QED) is 0.550. The van der Waals surface area contributed by atoms with E-state index in [1.165, 1.54) is 0 Å². The predicted octanol–water partition coefficient (Wildman–Crippen LogP) is 2.27. The number of H-pyrrole nitrogens is 1. The number of fused-ring (bicyclic) bond motifs is 2. The lowest BCUT2D eigenvalue weighted by Gasteiger charge is -2.05. The Labute approximate surface area is 102 Å². The van der Waals surface area contributed by atoms with Crippen LogP contribution >= 0.6 is 0 Å². The molecule has 4 heterocycles. The average Bonchev–Trinajstić information content (AvgIpc) is 3.06. The molecule has 5 heteroatoms. The third-order valence-electron chi connectivity index (χ3n) is 3.05. The monoisotopic (exact) mass is 235 g/mol. The number of nitrogens with one attached hydrogen (secondary N) is 1. The Morgan fingerprint density at radius 1 is 1.06 bits per heavy atom. The van der Waals surface area contributed by atoms with Crippen molar-refractivity contribution in [3.05, 3.63) is 49.4 Å². The summed E-state index contributed by atoms with van der Waals surface area (Å²) < 4.78 is 2.03. The predicted molar refractivity (Wildman–Crippen MR) is 68.1 cm³/mol. The Bertz CT molecular complexity index is 770. The van der Waals surface area contributed by atoms with Crippen molar-refractivity contribution < 1.29 is 0 Å². The fourth-order valence-corrected chi connectivity index (χ4v) is 2.22. The molecule has 0 unspecified atom stereocenters. The summed E-state index contributed by atoms with van der Waals surface area (Å²) in [6.07, 6.45) is 8.93. The van der Waals surface area contributed by atoms with E-state index in [-0.39, 0.29) is 0 Å². The summed E-state index contributed by atoms with van der Waals surface area (Å²) in [7, 11) is 0. The summed E-state index contributed by atoms with van der Waals surface area (Å²) in [5, 5.41) is 0. The van der Waals surface area contributed by atoms with Crippen LogP contribution in [0.15, 0.2) is 49.4 Å². The number of rotatable bonds is 1. The SMILES string of the molecule is c1cc(-c2cncc3[nH]cnc23)n2cncc2c1. The van der Waals surface area contributed by atoms with Gasteiger partial charge >= 0.3 is 0 Å². The first-order chi connectivity index (χ1) is 8.93. The van der Waals surface area contributed by atoms with E-state index >= 15 is 0 Å². The van der Waals surface area contributed by atoms with E-state index in [0.717, 1.165) is 27.8 Å². The lowest BCUT2D eigenvalue weighted by molar-refractivity contribution is 1.16. The van der Waals surface area contributed by atoms with Crippen LogP contribution in [-0.4, -0.2) is 24.3 Å². The fraction of sp³-hybridized carbons (Fsp3) is 0. The average molecular weight is 235 g/mol. The van der Waals surface area contributed by atoms with Gasteiger partial charge in [0, 0.05) is 11.8 Å². The Morgan fingerprint density at radius 3 is 3.06 bits per heavy atom. The maximum atomic E-state index is 4.36. The highest BCUT2D eigenvalue weighted by molar-refractivity contribution is 5.90. The number of nitrogens with zero attached hydrogens (tertiary/aromatic N) is 4. The normalized spacial score (nSPS) is 11.3. The first kappa shape index (κ1) is 9.35. The van der Waals surface area contributed by atoms with Crippen molar-refractivity contribution >= 4 is 16.6 Å². The van der Waals surface area contributed by atoms with E-state index < -0.39 is 0 Å². The standard InChI is InChI=1S/C13H9N5/c1-2-9-4-15-8-18(9)12(3-1)10-5-14-6-11-13(10)17-7-16-11/h1-8H,(H,16,17). The first-order valence-corrected chi connectivity index (χ1v) is 5.62. The van der Waals surface area contributed by atoms with Gasteiger partial charge in [0.25, 0.3) is 0 Å². The van der Waals surface area contributed by atoms with Crippen molar-refractivity contribution in [2.75, 3.05) is 0 Å². The smallest absolute Gasteiger partial charge is 0.101 e. The molecular weight excluding hydrogens is 226 g/mol. The van der Waals surface area contributed by atoms with E-state index in [4.69, 9.17) is 0 Å². The lowest BCUT2D eigenvalue weighted by Crippen LogP contribution is -1.91. The number of pyridine rings is 2. The summed E-state index contributed by atoms with van der Waals surface area (Å²) in [6.45, 7) is 0. The number of aromatic nitrogens is 5. The van der Waals surface area contributed by atoms with E-state index in [9.17, 15) is 0 Å². The van der Waals surface area contributed by atoms with Crippen LogP contribution in [0.1, 0.15) is 0 Å². The van der Waals surface area contributed by atoms with E-state index in [0.29, 0.717) is 0 Å². The molecule has 0 bridgehead atoms. The van der Waals surface area contributed by atoms with E-state index in [1.54, 1.807) is 18.9 Å². The van der Waals surface area contributed by atoms with Crippen molar-refractivity contribution in [3.8, 4) is 11.3 Å². The highest BCUT2D eigenvalue weighted by Crippen LogP contribution is 2.25. The Hall–Kier alpha value is -2.69. The van der Waals surface area contributed by atoms with Crippen LogP contribution in [0.25, 0.3) is 27.8 Å². The van der Waals surface area contributed by atoms with Crippen molar-refractivity contribution in [2.45, 2.75) is 0 Å². The molecule has 0 aliphatic rings. The summed E-state index contributed by atoms with van der Waals surface area (Å²) in [4.78, 5) is 15.8. The number of hydrogen-bond donors (Lipinski definition) is 1. The van der Waals surface area contributed by atoms with E-state index in [1.807, 2.05) is 35.0 Å². The summed E-state index contributed by atoms with van der Waals surface area (Å²) >= 11 is 0. The molecular formula is C13H9N5. The number of hydrogen-bond acceptors (Lipinski definition) is 3. The van der Waals surface area contributed by atoms with Gasteiger partial charge in [-0.15, -0.1) is 0 Å². The van der Waals surface area contributed by atoms with Gasteiger partial charge in [-0.05, 0) is 12.1 Å². The van der Waals surface area contributed by atoms with Gasteiger partial charge in [-0.3, -0.25) is 9.38 Å². The lowest BCUT2D eigenvalue weighted by atomic mass is 10.1. The Morgan fingerprint density at radius 2 is 2.06 bits per heavy atom. The third-order valence-corrected chi connectivity index (χ3v) is 3.05. The van der Waals surface area contributed by atoms with Gasteiger partial charge in [0.05, 0.1) is 41.8 Å². The molecule has 4 aromatic heterocycles. The highest BCUT2D eigenvalue weighted by atomic mass is 15.0. The second-order valence-electron chi connectivity index (χ2n) is 4.09. The van der Waals surface area contributed by atoms with Crippen LogP contribution in [0.5, 0.6) is 0 Å². The molecule has 1 N–H and O–H groups in total. The molecule has 0 aliphatic carbocycles. The van der Waals surface area contributed by atoms with Crippen molar-refractivity contribution in [1.29, 1.82) is 0 Å². The molecule has 0 radical (unpaired) electrons. The van der Waals surface area contributed by atoms with E-state index in [2.05, 4.69) is 19.9 Å². The molecule has 4 rings (SSSR count). The van der Waals surface area contributed by atoms with Crippen LogP contribution in [0.3, 0.4) is 0 Å². The Kier molecular flexibility index (Phi) is 1.77. The molecule has 0 saturated carbocycles. The molecule has 18 heavy (non-hydrogen) atoms. The molecule has 0 atom stereocenters. The van der Waals surface area contributed by atoms with Gasteiger partial charge in [-0.2, -0.15) is 0 Å². The zero-order valence-electron chi connectivity index (χ0n) is 9.41. The van der Waals surface area contributed by atoms with Gasteiger partial charge in [0.15, 0.2) is 0 Å². The summed E-state index contributed by atoms with van der Waals surface area (Å²) in [5.74, 6) is 0. The van der Waals surface area contributed by atoms with Crippen molar-refractivity contribution in [2.24, 2.45) is 0 Å². The van der Waals surface area contributed by atoms with Gasteiger partial charge < -0.3 is 4.98 Å². The summed E-state index contributed by atoms with van der Waals surface area (Å²) in [6, 6.07) is 6.08. The number of imidazole rings is 2. The molecule has 0 amide bonds. The summed E-state index contributed by atoms with van der Waals surface area (Å²) in [5.41, 5.74) is 4.95. The molecule has 0 aliphatic heterocycles. The minimum Gasteiger partial charge on any atom is -0.343 e. The van der Waals surface area contributed by atoms with Gasteiger partial charge in [-0.1, -0.05) is 6.07 Å². The van der Waals surface area contributed by atoms with Gasteiger partial charge in [0.1, 0.15) is 5.52 Å².